The molecule has 0 bridgehead atoms. The molecule has 2 aliphatic rings. The summed E-state index contributed by atoms with van der Waals surface area (Å²) >= 11 is 0. The third-order valence-electron chi connectivity index (χ3n) is 5.15. The van der Waals surface area contributed by atoms with Crippen molar-refractivity contribution >= 4 is 11.8 Å². The molecule has 2 saturated heterocycles. The molecule has 7 nitrogen and oxygen atoms in total. The standard InChI is InChI=1S/C19H24N4O3/c1-21-11-16(17(24)12-21)8-18(25)23-7-6-22(19(26)13-23)10-15-4-2-14(9-20)3-5-15/h2-5,16-17,24H,6-8,10-13H2,1H3/t16-,17-/m1/s1. The van der Waals surface area contributed by atoms with Crippen molar-refractivity contribution in [3.63, 3.8) is 0 Å². The van der Waals surface area contributed by atoms with E-state index in [-0.39, 0.29) is 30.7 Å². The fourth-order valence-corrected chi connectivity index (χ4v) is 3.61. The van der Waals surface area contributed by atoms with E-state index in [4.69, 9.17) is 5.26 Å². The third kappa shape index (κ3) is 4.21. The fourth-order valence-electron chi connectivity index (χ4n) is 3.61. The molecule has 1 aromatic rings. The van der Waals surface area contributed by atoms with E-state index in [0.29, 0.717) is 38.3 Å². The minimum absolute atomic E-state index is 0.0562. The van der Waals surface area contributed by atoms with E-state index in [1.165, 1.54) is 0 Å². The lowest BCUT2D eigenvalue weighted by atomic mass is 10.0. The summed E-state index contributed by atoms with van der Waals surface area (Å²) in [7, 11) is 1.93. The number of amides is 2. The largest absolute Gasteiger partial charge is 0.391 e. The first-order valence-corrected chi connectivity index (χ1v) is 8.87. The molecule has 1 N–H and O–H groups in total. The van der Waals surface area contributed by atoms with Crippen LogP contribution in [-0.4, -0.2) is 77.5 Å². The van der Waals surface area contributed by atoms with Gasteiger partial charge in [-0.25, -0.2) is 0 Å². The van der Waals surface area contributed by atoms with E-state index in [2.05, 4.69) is 6.07 Å². The topological polar surface area (TPSA) is 87.9 Å². The minimum Gasteiger partial charge on any atom is -0.391 e. The highest BCUT2D eigenvalue weighted by atomic mass is 16.3. The first kappa shape index (κ1) is 18.4. The highest BCUT2D eigenvalue weighted by Crippen LogP contribution is 2.21. The monoisotopic (exact) mass is 356 g/mol. The van der Waals surface area contributed by atoms with E-state index >= 15 is 0 Å². The average molecular weight is 356 g/mol. The summed E-state index contributed by atoms with van der Waals surface area (Å²) in [4.78, 5) is 30.3. The number of nitriles is 1. The number of rotatable bonds is 4. The summed E-state index contributed by atoms with van der Waals surface area (Å²) in [6, 6.07) is 9.25. The number of aliphatic hydroxyl groups excluding tert-OH is 1. The number of hydrogen-bond acceptors (Lipinski definition) is 5. The molecule has 2 aliphatic heterocycles. The molecule has 26 heavy (non-hydrogen) atoms. The van der Waals surface area contributed by atoms with E-state index in [1.54, 1.807) is 21.9 Å². The predicted molar refractivity (Wildman–Crippen MR) is 94.8 cm³/mol. The Bertz CT molecular complexity index is 712. The Morgan fingerprint density at radius 3 is 2.58 bits per heavy atom. The molecule has 2 atom stereocenters. The van der Waals surface area contributed by atoms with Crippen molar-refractivity contribution in [1.82, 2.24) is 14.7 Å². The summed E-state index contributed by atoms with van der Waals surface area (Å²) in [6.07, 6.45) is -0.189. The Hall–Kier alpha value is -2.43. The fraction of sp³-hybridized carbons (Fsp3) is 0.526. The number of carbonyl (C=O) groups is 2. The number of piperazine rings is 1. The van der Waals surface area contributed by atoms with Gasteiger partial charge in [0.05, 0.1) is 24.3 Å². The van der Waals surface area contributed by atoms with Gasteiger partial charge in [-0.05, 0) is 24.7 Å². The van der Waals surface area contributed by atoms with Crippen LogP contribution in [0.15, 0.2) is 24.3 Å². The second kappa shape index (κ2) is 7.85. The molecule has 2 heterocycles. The second-order valence-electron chi connectivity index (χ2n) is 7.19. The van der Waals surface area contributed by atoms with Crippen LogP contribution >= 0.6 is 0 Å². The third-order valence-corrected chi connectivity index (χ3v) is 5.15. The quantitative estimate of drug-likeness (QED) is 0.823. The Balaban J connectivity index is 1.52. The smallest absolute Gasteiger partial charge is 0.242 e. The normalized spacial score (nSPS) is 24.0. The lowest BCUT2D eigenvalue weighted by Crippen LogP contribution is -2.52. The summed E-state index contributed by atoms with van der Waals surface area (Å²) in [5.74, 6) is -0.187. The molecular weight excluding hydrogens is 332 g/mol. The van der Waals surface area contributed by atoms with Crippen molar-refractivity contribution in [2.24, 2.45) is 5.92 Å². The molecule has 0 saturated carbocycles. The highest BCUT2D eigenvalue weighted by Gasteiger charge is 2.34. The van der Waals surface area contributed by atoms with Crippen molar-refractivity contribution in [3.8, 4) is 6.07 Å². The molecule has 138 valence electrons. The van der Waals surface area contributed by atoms with Gasteiger partial charge in [0.15, 0.2) is 0 Å². The van der Waals surface area contributed by atoms with Crippen molar-refractivity contribution in [1.29, 1.82) is 5.26 Å². The first-order valence-electron chi connectivity index (χ1n) is 8.87. The maximum atomic E-state index is 12.5. The van der Waals surface area contributed by atoms with Crippen LogP contribution in [0.1, 0.15) is 17.5 Å². The molecule has 0 spiro atoms. The van der Waals surface area contributed by atoms with Crippen molar-refractivity contribution in [2.45, 2.75) is 19.1 Å². The molecule has 0 aliphatic carbocycles. The average Bonchev–Trinajstić information content (AvgIpc) is 2.94. The molecule has 1 aromatic carbocycles. The van der Waals surface area contributed by atoms with Crippen LogP contribution in [0.3, 0.4) is 0 Å². The van der Waals surface area contributed by atoms with Gasteiger partial charge < -0.3 is 19.8 Å². The minimum atomic E-state index is -0.475. The van der Waals surface area contributed by atoms with Gasteiger partial charge >= 0.3 is 0 Å². The number of nitrogens with zero attached hydrogens (tertiary/aromatic N) is 4. The Labute approximate surface area is 153 Å². The van der Waals surface area contributed by atoms with E-state index in [1.807, 2.05) is 24.1 Å². The lowest BCUT2D eigenvalue weighted by molar-refractivity contribution is -0.146. The van der Waals surface area contributed by atoms with Gasteiger partial charge in [-0.2, -0.15) is 5.26 Å². The summed E-state index contributed by atoms with van der Waals surface area (Å²) in [5, 5.41) is 18.8. The highest BCUT2D eigenvalue weighted by molar-refractivity contribution is 5.86. The van der Waals surface area contributed by atoms with Gasteiger partial charge in [-0.3, -0.25) is 9.59 Å². The Morgan fingerprint density at radius 1 is 1.27 bits per heavy atom. The van der Waals surface area contributed by atoms with Crippen LogP contribution in [0.5, 0.6) is 0 Å². The second-order valence-corrected chi connectivity index (χ2v) is 7.19. The van der Waals surface area contributed by atoms with Crippen LogP contribution in [-0.2, 0) is 16.1 Å². The zero-order valence-corrected chi connectivity index (χ0v) is 15.0. The first-order chi connectivity index (χ1) is 12.5. The van der Waals surface area contributed by atoms with E-state index in [9.17, 15) is 14.7 Å². The van der Waals surface area contributed by atoms with Gasteiger partial charge in [0.25, 0.3) is 0 Å². The Morgan fingerprint density at radius 2 is 2.00 bits per heavy atom. The van der Waals surface area contributed by atoms with Gasteiger partial charge in [-0.15, -0.1) is 0 Å². The SMILES string of the molecule is CN1C[C@@H](CC(=O)N2CCN(Cc3ccc(C#N)cc3)C(=O)C2)[C@H](O)C1. The predicted octanol–water partition coefficient (Wildman–Crippen LogP) is 0.0417. The van der Waals surface area contributed by atoms with Crippen molar-refractivity contribution in [2.75, 3.05) is 39.8 Å². The zero-order chi connectivity index (χ0) is 18.7. The molecule has 2 amide bonds. The molecule has 0 unspecified atom stereocenters. The van der Waals surface area contributed by atoms with Gasteiger partial charge in [0.1, 0.15) is 0 Å². The van der Waals surface area contributed by atoms with Crippen molar-refractivity contribution < 1.29 is 14.7 Å². The lowest BCUT2D eigenvalue weighted by Gasteiger charge is -2.35. The van der Waals surface area contributed by atoms with Crippen LogP contribution in [0.2, 0.25) is 0 Å². The molecule has 2 fully saturated rings. The number of benzene rings is 1. The van der Waals surface area contributed by atoms with Crippen LogP contribution in [0.25, 0.3) is 0 Å². The van der Waals surface area contributed by atoms with E-state index in [0.717, 1.165) is 5.56 Å². The summed E-state index contributed by atoms with van der Waals surface area (Å²) in [6.45, 7) is 2.89. The molecule has 7 heteroatoms. The summed E-state index contributed by atoms with van der Waals surface area (Å²) in [5.41, 5.74) is 1.56. The van der Waals surface area contributed by atoms with Crippen LogP contribution in [0, 0.1) is 17.2 Å². The molecular formula is C19H24N4O3. The zero-order valence-electron chi connectivity index (χ0n) is 15.0. The molecule has 0 radical (unpaired) electrons. The number of β-amino-alcohol motifs (C(OH)–C–C–N with tert-alkyl or cyclic N) is 1. The van der Waals surface area contributed by atoms with Gasteiger partial charge in [0, 0.05) is 45.1 Å². The Kier molecular flexibility index (Phi) is 5.55. The van der Waals surface area contributed by atoms with E-state index < -0.39 is 6.10 Å². The van der Waals surface area contributed by atoms with Gasteiger partial charge in [-0.1, -0.05) is 12.1 Å². The summed E-state index contributed by atoms with van der Waals surface area (Å²) < 4.78 is 0. The maximum absolute atomic E-state index is 12.5. The van der Waals surface area contributed by atoms with Crippen LogP contribution in [0.4, 0.5) is 0 Å². The number of aliphatic hydroxyl groups is 1. The number of carbonyl (C=O) groups excluding carboxylic acids is 2. The van der Waals surface area contributed by atoms with Crippen LogP contribution < -0.4 is 0 Å². The molecule has 3 rings (SSSR count). The van der Waals surface area contributed by atoms with Gasteiger partial charge in [0.2, 0.25) is 11.8 Å². The van der Waals surface area contributed by atoms with Crippen molar-refractivity contribution in [3.05, 3.63) is 35.4 Å². The number of likely N-dealkylation sites (tertiary alicyclic amines) is 1. The number of likely N-dealkylation sites (N-methyl/N-ethyl adjacent to an activating group) is 1. The molecule has 0 aromatic heterocycles. The number of hydrogen-bond donors (Lipinski definition) is 1. The maximum Gasteiger partial charge on any atom is 0.242 e.